The zero-order valence-corrected chi connectivity index (χ0v) is 13.0. The van der Waals surface area contributed by atoms with E-state index in [-0.39, 0.29) is 0 Å². The van der Waals surface area contributed by atoms with Crippen LogP contribution in [-0.2, 0) is 0 Å². The molecule has 1 fully saturated rings. The molecule has 0 atom stereocenters. The lowest BCUT2D eigenvalue weighted by atomic mass is 9.97. The van der Waals surface area contributed by atoms with Gasteiger partial charge >= 0.3 is 0 Å². The molecular weight excluding hydrogens is 260 g/mol. The zero-order valence-electron chi connectivity index (χ0n) is 13.0. The van der Waals surface area contributed by atoms with Crippen molar-refractivity contribution in [1.29, 1.82) is 0 Å². The van der Waals surface area contributed by atoms with Crippen molar-refractivity contribution in [3.8, 4) is 0 Å². The van der Waals surface area contributed by atoms with Gasteiger partial charge in [0.05, 0.1) is 16.7 Å². The summed E-state index contributed by atoms with van der Waals surface area (Å²) in [5.41, 5.74) is 3.00. The Morgan fingerprint density at radius 1 is 1.14 bits per heavy atom. The highest BCUT2D eigenvalue weighted by Crippen LogP contribution is 2.22. The van der Waals surface area contributed by atoms with Crippen molar-refractivity contribution in [2.45, 2.75) is 26.7 Å². The van der Waals surface area contributed by atoms with Gasteiger partial charge in [-0.25, -0.2) is 9.97 Å². The van der Waals surface area contributed by atoms with Gasteiger partial charge in [-0.15, -0.1) is 0 Å². The van der Waals surface area contributed by atoms with Gasteiger partial charge in [0.2, 0.25) is 0 Å². The molecule has 4 nitrogen and oxygen atoms in total. The van der Waals surface area contributed by atoms with Gasteiger partial charge in [0.1, 0.15) is 0 Å². The summed E-state index contributed by atoms with van der Waals surface area (Å²) in [7, 11) is 0. The predicted octanol–water partition coefficient (Wildman–Crippen LogP) is 2.76. The first kappa shape index (κ1) is 14.3. The molecule has 1 aliphatic rings. The van der Waals surface area contributed by atoms with E-state index in [0.29, 0.717) is 0 Å². The number of hydrogen-bond donors (Lipinski definition) is 1. The Bertz CT molecular complexity index is 605. The molecule has 2 heterocycles. The first-order valence-electron chi connectivity index (χ1n) is 7.97. The molecule has 3 rings (SSSR count). The number of nitrogens with one attached hydrogen (secondary N) is 1. The maximum absolute atomic E-state index is 4.86. The summed E-state index contributed by atoms with van der Waals surface area (Å²) >= 11 is 0. The Morgan fingerprint density at radius 2 is 1.81 bits per heavy atom. The fraction of sp³-hybridized carbons (Fsp3) is 0.529. The first-order valence-corrected chi connectivity index (χ1v) is 7.97. The number of benzene rings is 1. The maximum atomic E-state index is 4.86. The highest BCUT2D eigenvalue weighted by atomic mass is 15.2. The molecule has 1 N–H and O–H groups in total. The summed E-state index contributed by atoms with van der Waals surface area (Å²) in [4.78, 5) is 12.0. The number of aryl methyl sites for hydroxylation is 1. The molecule has 0 spiro atoms. The Balaban J connectivity index is 1.86. The van der Waals surface area contributed by atoms with Crippen LogP contribution < -0.4 is 10.2 Å². The second kappa shape index (κ2) is 6.39. The van der Waals surface area contributed by atoms with E-state index in [2.05, 4.69) is 24.1 Å². The fourth-order valence-corrected chi connectivity index (χ4v) is 3.12. The number of nitrogens with zero attached hydrogens (tertiary/aromatic N) is 3. The number of fused-ring (bicyclic) bond motifs is 1. The van der Waals surface area contributed by atoms with Gasteiger partial charge < -0.3 is 10.2 Å². The van der Waals surface area contributed by atoms with Crippen LogP contribution in [0.2, 0.25) is 0 Å². The van der Waals surface area contributed by atoms with Crippen LogP contribution in [0.15, 0.2) is 24.3 Å². The van der Waals surface area contributed by atoms with E-state index in [1.807, 2.05) is 24.3 Å². The molecule has 0 aliphatic carbocycles. The summed E-state index contributed by atoms with van der Waals surface area (Å²) in [6, 6.07) is 8.12. The van der Waals surface area contributed by atoms with Crippen molar-refractivity contribution < 1.29 is 0 Å². The van der Waals surface area contributed by atoms with Crippen LogP contribution in [0.1, 0.15) is 25.5 Å². The highest BCUT2D eigenvalue weighted by molar-refractivity contribution is 5.76. The minimum Gasteiger partial charge on any atom is -0.355 e. The molecule has 112 valence electrons. The number of piperidine rings is 1. The summed E-state index contributed by atoms with van der Waals surface area (Å²) < 4.78 is 0. The van der Waals surface area contributed by atoms with Gasteiger partial charge in [-0.1, -0.05) is 12.1 Å². The second-order valence-corrected chi connectivity index (χ2v) is 5.85. The summed E-state index contributed by atoms with van der Waals surface area (Å²) in [6.07, 6.45) is 2.52. The van der Waals surface area contributed by atoms with Crippen LogP contribution >= 0.6 is 0 Å². The maximum Gasteiger partial charge on any atom is 0.150 e. The monoisotopic (exact) mass is 284 g/mol. The molecule has 1 aromatic carbocycles. The number of rotatable bonds is 4. The third-order valence-corrected chi connectivity index (χ3v) is 4.34. The predicted molar refractivity (Wildman–Crippen MR) is 87.8 cm³/mol. The standard InChI is InChI=1S/C17H24N4/c1-3-21(12-14-8-10-18-11-9-14)17-13(2)19-15-6-4-5-7-16(15)20-17/h4-7,14,18H,3,8-12H2,1-2H3. The van der Waals surface area contributed by atoms with Gasteiger partial charge in [0.25, 0.3) is 0 Å². The van der Waals surface area contributed by atoms with Gasteiger partial charge in [-0.2, -0.15) is 0 Å². The summed E-state index contributed by atoms with van der Waals surface area (Å²) in [6.45, 7) is 8.64. The third kappa shape index (κ3) is 3.16. The number of para-hydroxylation sites is 2. The molecule has 4 heteroatoms. The molecule has 2 aromatic rings. The highest BCUT2D eigenvalue weighted by Gasteiger charge is 2.19. The topological polar surface area (TPSA) is 41.0 Å². The average molecular weight is 284 g/mol. The van der Waals surface area contributed by atoms with Crippen LogP contribution in [0.25, 0.3) is 11.0 Å². The minimum atomic E-state index is 0.763. The quantitative estimate of drug-likeness (QED) is 0.937. The van der Waals surface area contributed by atoms with Crippen molar-refractivity contribution in [2.75, 3.05) is 31.1 Å². The SMILES string of the molecule is CCN(CC1CCNCC1)c1nc2ccccc2nc1C. The summed E-state index contributed by atoms with van der Waals surface area (Å²) in [5, 5.41) is 3.43. The number of anilines is 1. The van der Waals surface area contributed by atoms with Gasteiger partial charge in [-0.05, 0) is 57.8 Å². The third-order valence-electron chi connectivity index (χ3n) is 4.34. The van der Waals surface area contributed by atoms with E-state index in [1.165, 1.54) is 12.8 Å². The Morgan fingerprint density at radius 3 is 2.48 bits per heavy atom. The van der Waals surface area contributed by atoms with E-state index >= 15 is 0 Å². The lowest BCUT2D eigenvalue weighted by molar-refractivity contribution is 0.374. The number of aromatic nitrogens is 2. The van der Waals surface area contributed by atoms with E-state index in [9.17, 15) is 0 Å². The molecule has 1 aromatic heterocycles. The van der Waals surface area contributed by atoms with Crippen molar-refractivity contribution in [2.24, 2.45) is 5.92 Å². The lowest BCUT2D eigenvalue weighted by Gasteiger charge is -2.30. The lowest BCUT2D eigenvalue weighted by Crippen LogP contribution is -2.37. The van der Waals surface area contributed by atoms with Crippen molar-refractivity contribution >= 4 is 16.9 Å². The Hall–Kier alpha value is -1.68. The zero-order chi connectivity index (χ0) is 14.7. The van der Waals surface area contributed by atoms with E-state index < -0.39 is 0 Å². The first-order chi connectivity index (χ1) is 10.3. The molecule has 0 bridgehead atoms. The largest absolute Gasteiger partial charge is 0.355 e. The normalized spacial score (nSPS) is 16.3. The van der Waals surface area contributed by atoms with Crippen LogP contribution in [0, 0.1) is 12.8 Å². The second-order valence-electron chi connectivity index (χ2n) is 5.85. The fourth-order valence-electron chi connectivity index (χ4n) is 3.12. The van der Waals surface area contributed by atoms with Gasteiger partial charge in [0, 0.05) is 13.1 Å². The smallest absolute Gasteiger partial charge is 0.150 e. The average Bonchev–Trinajstić information content (AvgIpc) is 2.53. The Kier molecular flexibility index (Phi) is 4.34. The van der Waals surface area contributed by atoms with Crippen molar-refractivity contribution in [3.63, 3.8) is 0 Å². The molecule has 21 heavy (non-hydrogen) atoms. The minimum absolute atomic E-state index is 0.763. The van der Waals surface area contributed by atoms with Crippen LogP contribution in [0.4, 0.5) is 5.82 Å². The van der Waals surface area contributed by atoms with Crippen LogP contribution in [0.3, 0.4) is 0 Å². The molecule has 0 unspecified atom stereocenters. The van der Waals surface area contributed by atoms with E-state index in [4.69, 9.17) is 9.97 Å². The van der Waals surface area contributed by atoms with Gasteiger partial charge in [0.15, 0.2) is 5.82 Å². The number of hydrogen-bond acceptors (Lipinski definition) is 4. The Labute approximate surface area is 126 Å². The van der Waals surface area contributed by atoms with Crippen molar-refractivity contribution in [3.05, 3.63) is 30.0 Å². The van der Waals surface area contributed by atoms with Crippen LogP contribution in [0.5, 0.6) is 0 Å². The molecule has 0 amide bonds. The summed E-state index contributed by atoms with van der Waals surface area (Å²) in [5.74, 6) is 1.81. The van der Waals surface area contributed by atoms with E-state index in [1.54, 1.807) is 0 Å². The molecule has 1 aliphatic heterocycles. The molecule has 1 saturated heterocycles. The molecule has 0 saturated carbocycles. The van der Waals surface area contributed by atoms with E-state index in [0.717, 1.165) is 54.6 Å². The molecular formula is C17H24N4. The molecule has 0 radical (unpaired) electrons. The van der Waals surface area contributed by atoms with Gasteiger partial charge in [-0.3, -0.25) is 0 Å². The van der Waals surface area contributed by atoms with Crippen LogP contribution in [-0.4, -0.2) is 36.1 Å². The van der Waals surface area contributed by atoms with Crippen molar-refractivity contribution in [1.82, 2.24) is 15.3 Å².